The minimum atomic E-state index is -4.33. The van der Waals surface area contributed by atoms with Crippen molar-refractivity contribution >= 4 is 39.1 Å². The summed E-state index contributed by atoms with van der Waals surface area (Å²) in [5, 5.41) is 3.35. The third-order valence-electron chi connectivity index (χ3n) is 6.73. The molecule has 0 radical (unpaired) electrons. The Morgan fingerprint density at radius 1 is 0.886 bits per heavy atom. The first-order chi connectivity index (χ1) is 20.7. The number of anilines is 1. The van der Waals surface area contributed by atoms with E-state index in [0.717, 1.165) is 9.87 Å². The Kier molecular flexibility index (Phi) is 11.5. The van der Waals surface area contributed by atoms with E-state index >= 15 is 0 Å². The second-order valence-electron chi connectivity index (χ2n) is 11.0. The van der Waals surface area contributed by atoms with Crippen LogP contribution in [0.1, 0.15) is 39.7 Å². The Hall–Kier alpha value is -3.96. The third-order valence-corrected chi connectivity index (χ3v) is 8.75. The van der Waals surface area contributed by atoms with Crippen molar-refractivity contribution in [1.82, 2.24) is 10.2 Å². The van der Waals surface area contributed by atoms with Crippen LogP contribution in [0.25, 0.3) is 0 Å². The quantitative estimate of drug-likeness (QED) is 0.269. The molecule has 12 heteroatoms. The summed E-state index contributed by atoms with van der Waals surface area (Å²) < 4.78 is 45.2. The Labute approximate surface area is 264 Å². The summed E-state index contributed by atoms with van der Waals surface area (Å²) in [5.74, 6) is 0.279. The number of sulfonamides is 1. The van der Waals surface area contributed by atoms with E-state index in [0.29, 0.717) is 22.9 Å². The second kappa shape index (κ2) is 14.7. The van der Waals surface area contributed by atoms with Crippen LogP contribution in [-0.4, -0.2) is 64.6 Å². The standard InChI is InChI=1S/C32H40ClN3O7S/c1-8-27(31(38)34-32(2,3)4)35(20-22-9-15-25(41-5)16-10-22)30(37)21-36(24-13-11-23(33)12-14-24)44(39,40)26-17-18-28(42-6)29(19-26)43-7/h9-19,27H,8,20-21H2,1-7H3,(H,34,38). The van der Waals surface area contributed by atoms with Crippen molar-refractivity contribution in [2.24, 2.45) is 0 Å². The summed E-state index contributed by atoms with van der Waals surface area (Å²) in [4.78, 5) is 29.0. The molecule has 0 heterocycles. The highest BCUT2D eigenvalue weighted by Crippen LogP contribution is 2.33. The van der Waals surface area contributed by atoms with Gasteiger partial charge in [0.15, 0.2) is 11.5 Å². The summed E-state index contributed by atoms with van der Waals surface area (Å²) in [5.41, 5.74) is 0.405. The number of amides is 2. The highest BCUT2D eigenvalue weighted by Gasteiger charge is 2.35. The summed E-state index contributed by atoms with van der Waals surface area (Å²) >= 11 is 6.11. The van der Waals surface area contributed by atoms with Crippen LogP contribution in [0.5, 0.6) is 17.2 Å². The van der Waals surface area contributed by atoms with Crippen LogP contribution in [0.15, 0.2) is 71.6 Å². The van der Waals surface area contributed by atoms with E-state index in [1.54, 1.807) is 50.4 Å². The number of rotatable bonds is 13. The number of nitrogens with zero attached hydrogens (tertiary/aromatic N) is 2. The number of ether oxygens (including phenoxy) is 3. The molecule has 3 aromatic carbocycles. The Balaban J connectivity index is 2.10. The Bertz CT molecular complexity index is 1540. The molecule has 0 aromatic heterocycles. The molecule has 0 aliphatic carbocycles. The maximum absolute atomic E-state index is 14.2. The predicted octanol–water partition coefficient (Wildman–Crippen LogP) is 5.28. The van der Waals surface area contributed by atoms with Gasteiger partial charge in [-0.15, -0.1) is 0 Å². The zero-order chi connectivity index (χ0) is 32.7. The fourth-order valence-corrected chi connectivity index (χ4v) is 6.10. The van der Waals surface area contributed by atoms with Gasteiger partial charge in [0.25, 0.3) is 10.0 Å². The molecule has 44 heavy (non-hydrogen) atoms. The van der Waals surface area contributed by atoms with Gasteiger partial charge in [0.05, 0.1) is 31.9 Å². The topological polar surface area (TPSA) is 114 Å². The highest BCUT2D eigenvalue weighted by atomic mass is 35.5. The van der Waals surface area contributed by atoms with E-state index in [2.05, 4.69) is 5.32 Å². The molecular weight excluding hydrogens is 606 g/mol. The number of hydrogen-bond acceptors (Lipinski definition) is 7. The van der Waals surface area contributed by atoms with Gasteiger partial charge in [-0.25, -0.2) is 8.42 Å². The molecular formula is C32H40ClN3O7S. The predicted molar refractivity (Wildman–Crippen MR) is 171 cm³/mol. The van der Waals surface area contributed by atoms with E-state index in [9.17, 15) is 18.0 Å². The van der Waals surface area contributed by atoms with Gasteiger partial charge in [0.1, 0.15) is 18.3 Å². The highest BCUT2D eigenvalue weighted by molar-refractivity contribution is 7.92. The Morgan fingerprint density at radius 2 is 1.50 bits per heavy atom. The van der Waals surface area contributed by atoms with Gasteiger partial charge >= 0.3 is 0 Å². The van der Waals surface area contributed by atoms with E-state index < -0.39 is 34.1 Å². The number of nitrogens with one attached hydrogen (secondary N) is 1. The molecule has 1 unspecified atom stereocenters. The zero-order valence-corrected chi connectivity index (χ0v) is 27.7. The lowest BCUT2D eigenvalue weighted by Crippen LogP contribution is -2.55. The molecule has 238 valence electrons. The van der Waals surface area contributed by atoms with Crippen molar-refractivity contribution in [3.63, 3.8) is 0 Å². The smallest absolute Gasteiger partial charge is 0.264 e. The van der Waals surface area contributed by atoms with Gasteiger partial charge in [0.2, 0.25) is 11.8 Å². The maximum Gasteiger partial charge on any atom is 0.264 e. The molecule has 0 spiro atoms. The van der Waals surface area contributed by atoms with Crippen LogP contribution >= 0.6 is 11.6 Å². The fourth-order valence-electron chi connectivity index (χ4n) is 4.54. The molecule has 3 rings (SSSR count). The molecule has 1 N–H and O–H groups in total. The number of carbonyl (C=O) groups is 2. The van der Waals surface area contributed by atoms with Gasteiger partial charge in [-0.3, -0.25) is 13.9 Å². The van der Waals surface area contributed by atoms with Crippen molar-refractivity contribution in [2.75, 3.05) is 32.2 Å². The monoisotopic (exact) mass is 645 g/mol. The number of benzene rings is 3. The summed E-state index contributed by atoms with van der Waals surface area (Å²) in [7, 11) is 0.0768. The van der Waals surface area contributed by atoms with Crippen molar-refractivity contribution in [3.05, 3.63) is 77.3 Å². The molecule has 10 nitrogen and oxygen atoms in total. The normalized spacial score (nSPS) is 12.2. The molecule has 0 aliphatic heterocycles. The molecule has 0 saturated heterocycles. The van der Waals surface area contributed by atoms with Gasteiger partial charge in [-0.05, 0) is 81.3 Å². The minimum absolute atomic E-state index is 0.0593. The number of hydrogen-bond donors (Lipinski definition) is 1. The van der Waals surface area contributed by atoms with E-state index in [1.807, 2.05) is 20.8 Å². The van der Waals surface area contributed by atoms with Crippen LogP contribution in [0.3, 0.4) is 0 Å². The van der Waals surface area contributed by atoms with Crippen molar-refractivity contribution in [2.45, 2.75) is 57.1 Å². The van der Waals surface area contributed by atoms with Gasteiger partial charge in [-0.2, -0.15) is 0 Å². The Morgan fingerprint density at radius 3 is 2.02 bits per heavy atom. The first-order valence-electron chi connectivity index (χ1n) is 14.0. The van der Waals surface area contributed by atoms with Crippen LogP contribution in [0, 0.1) is 0 Å². The van der Waals surface area contributed by atoms with E-state index in [1.165, 1.54) is 49.5 Å². The fraction of sp³-hybridized carbons (Fsp3) is 0.375. The molecule has 3 aromatic rings. The zero-order valence-electron chi connectivity index (χ0n) is 26.1. The summed E-state index contributed by atoms with van der Waals surface area (Å²) in [6.45, 7) is 6.83. The lowest BCUT2D eigenvalue weighted by molar-refractivity contribution is -0.141. The first-order valence-corrected chi connectivity index (χ1v) is 15.8. The molecule has 1 atom stereocenters. The molecule has 0 aliphatic rings. The van der Waals surface area contributed by atoms with Crippen LogP contribution in [0.4, 0.5) is 5.69 Å². The van der Waals surface area contributed by atoms with Gasteiger partial charge in [0, 0.05) is 23.2 Å². The third kappa shape index (κ3) is 8.57. The van der Waals surface area contributed by atoms with Crippen molar-refractivity contribution in [1.29, 1.82) is 0 Å². The molecule has 2 amide bonds. The van der Waals surface area contributed by atoms with Crippen molar-refractivity contribution in [3.8, 4) is 17.2 Å². The molecule has 0 fully saturated rings. The average molecular weight is 646 g/mol. The number of halogens is 1. The lowest BCUT2D eigenvalue weighted by atomic mass is 10.1. The molecule has 0 bridgehead atoms. The average Bonchev–Trinajstić information content (AvgIpc) is 2.99. The first kappa shape index (κ1) is 34.5. The van der Waals surface area contributed by atoms with Gasteiger partial charge < -0.3 is 24.4 Å². The largest absolute Gasteiger partial charge is 0.497 e. The SMILES string of the molecule is CCC(C(=O)NC(C)(C)C)N(Cc1ccc(OC)cc1)C(=O)CN(c1ccc(Cl)cc1)S(=O)(=O)c1ccc(OC)c(OC)c1. The number of carbonyl (C=O) groups excluding carboxylic acids is 2. The number of methoxy groups -OCH3 is 3. The second-order valence-corrected chi connectivity index (χ2v) is 13.3. The van der Waals surface area contributed by atoms with Gasteiger partial charge in [-0.1, -0.05) is 30.7 Å². The van der Waals surface area contributed by atoms with E-state index in [-0.39, 0.29) is 28.8 Å². The minimum Gasteiger partial charge on any atom is -0.497 e. The van der Waals surface area contributed by atoms with Crippen LogP contribution in [-0.2, 0) is 26.2 Å². The van der Waals surface area contributed by atoms with E-state index in [4.69, 9.17) is 25.8 Å². The van der Waals surface area contributed by atoms with Crippen LogP contribution < -0.4 is 23.8 Å². The van der Waals surface area contributed by atoms with Crippen molar-refractivity contribution < 1.29 is 32.2 Å². The summed E-state index contributed by atoms with van der Waals surface area (Å²) in [6, 6.07) is 16.6. The maximum atomic E-state index is 14.2. The lowest BCUT2D eigenvalue weighted by Gasteiger charge is -2.34. The van der Waals surface area contributed by atoms with Crippen LogP contribution in [0.2, 0.25) is 5.02 Å². The molecule has 0 saturated carbocycles. The summed E-state index contributed by atoms with van der Waals surface area (Å²) in [6.07, 6.45) is 0.299.